The van der Waals surface area contributed by atoms with Crippen molar-refractivity contribution in [3.8, 4) is 0 Å². The molecule has 1 aromatic carbocycles. The van der Waals surface area contributed by atoms with Gasteiger partial charge in [-0.3, -0.25) is 4.90 Å². The van der Waals surface area contributed by atoms with Gasteiger partial charge in [0.2, 0.25) is 0 Å². The molecule has 2 atom stereocenters. The molecule has 0 radical (unpaired) electrons. The van der Waals surface area contributed by atoms with E-state index >= 15 is 0 Å². The zero-order chi connectivity index (χ0) is 14.3. The standard InChI is InChI=1S/C17H22N2O2/c20-16(21-12-14-5-2-1-3-6-14)18-11-15-7-10-19-9-4-8-17(15,19)13-18/h1-3,5-6,15H,4,7-13H2/t15?,17-/m1/s1. The predicted molar refractivity (Wildman–Crippen MR) is 79.8 cm³/mol. The molecule has 0 N–H and O–H groups in total. The van der Waals surface area contributed by atoms with Gasteiger partial charge in [0.1, 0.15) is 6.61 Å². The molecule has 1 spiro atoms. The van der Waals surface area contributed by atoms with E-state index in [1.54, 1.807) is 0 Å². The van der Waals surface area contributed by atoms with Crippen LogP contribution < -0.4 is 0 Å². The van der Waals surface area contributed by atoms with E-state index in [0.717, 1.165) is 18.7 Å². The van der Waals surface area contributed by atoms with Crippen LogP contribution in [0.5, 0.6) is 0 Å². The van der Waals surface area contributed by atoms with Crippen LogP contribution >= 0.6 is 0 Å². The molecular formula is C17H22N2O2. The first-order valence-electron chi connectivity index (χ1n) is 7.99. The average molecular weight is 286 g/mol. The molecule has 1 amide bonds. The van der Waals surface area contributed by atoms with Gasteiger partial charge in [-0.05, 0) is 43.8 Å². The Morgan fingerprint density at radius 2 is 2.14 bits per heavy atom. The molecule has 21 heavy (non-hydrogen) atoms. The fourth-order valence-electron chi connectivity index (χ4n) is 4.51. The number of benzene rings is 1. The van der Waals surface area contributed by atoms with Crippen molar-refractivity contribution in [3.05, 3.63) is 35.9 Å². The highest BCUT2D eigenvalue weighted by atomic mass is 16.6. The lowest BCUT2D eigenvalue weighted by atomic mass is 9.87. The number of carbonyl (C=O) groups excluding carboxylic acids is 1. The zero-order valence-electron chi connectivity index (χ0n) is 12.3. The Bertz CT molecular complexity index is 533. The van der Waals surface area contributed by atoms with Crippen LogP contribution in [0.2, 0.25) is 0 Å². The largest absolute Gasteiger partial charge is 0.445 e. The second-order valence-electron chi connectivity index (χ2n) is 6.60. The van der Waals surface area contributed by atoms with E-state index in [-0.39, 0.29) is 11.6 Å². The fraction of sp³-hybridized carbons (Fsp3) is 0.588. The summed E-state index contributed by atoms with van der Waals surface area (Å²) in [6.45, 7) is 4.55. The number of amides is 1. The van der Waals surface area contributed by atoms with Crippen molar-refractivity contribution >= 4 is 6.09 Å². The molecule has 3 heterocycles. The Morgan fingerprint density at radius 1 is 1.29 bits per heavy atom. The number of hydrogen-bond acceptors (Lipinski definition) is 3. The number of nitrogens with zero attached hydrogens (tertiary/aromatic N) is 2. The number of rotatable bonds is 2. The summed E-state index contributed by atoms with van der Waals surface area (Å²) in [6.07, 6.45) is 3.63. The smallest absolute Gasteiger partial charge is 0.410 e. The summed E-state index contributed by atoms with van der Waals surface area (Å²) in [4.78, 5) is 16.9. The molecule has 0 bridgehead atoms. The lowest BCUT2D eigenvalue weighted by Gasteiger charge is -2.31. The van der Waals surface area contributed by atoms with Crippen LogP contribution in [0.25, 0.3) is 0 Å². The van der Waals surface area contributed by atoms with Crippen LogP contribution in [0.3, 0.4) is 0 Å². The quantitative estimate of drug-likeness (QED) is 0.837. The maximum atomic E-state index is 12.3. The van der Waals surface area contributed by atoms with Crippen LogP contribution in [-0.2, 0) is 11.3 Å². The average Bonchev–Trinajstić information content (AvgIpc) is 3.15. The van der Waals surface area contributed by atoms with Gasteiger partial charge in [0.05, 0.1) is 0 Å². The summed E-state index contributed by atoms with van der Waals surface area (Å²) in [5.74, 6) is 0.657. The molecule has 1 aromatic rings. The van der Waals surface area contributed by atoms with Gasteiger partial charge in [-0.25, -0.2) is 4.79 Å². The number of ether oxygens (including phenoxy) is 1. The van der Waals surface area contributed by atoms with E-state index in [4.69, 9.17) is 4.74 Å². The SMILES string of the molecule is O=C(OCc1ccccc1)N1CC2CCN3CCC[C@@]23C1. The summed E-state index contributed by atoms with van der Waals surface area (Å²) in [5.41, 5.74) is 1.33. The highest BCUT2D eigenvalue weighted by Gasteiger charge is 2.57. The Hall–Kier alpha value is -1.55. The Labute approximate surface area is 125 Å². The van der Waals surface area contributed by atoms with Gasteiger partial charge in [-0.2, -0.15) is 0 Å². The first-order valence-corrected chi connectivity index (χ1v) is 7.99. The van der Waals surface area contributed by atoms with E-state index in [1.165, 1.54) is 32.4 Å². The monoisotopic (exact) mass is 286 g/mol. The predicted octanol–water partition coefficient (Wildman–Crippen LogP) is 2.49. The highest BCUT2D eigenvalue weighted by molar-refractivity contribution is 5.68. The first-order chi connectivity index (χ1) is 10.3. The fourth-order valence-corrected chi connectivity index (χ4v) is 4.51. The van der Waals surface area contributed by atoms with Gasteiger partial charge in [0.25, 0.3) is 0 Å². The van der Waals surface area contributed by atoms with Crippen molar-refractivity contribution < 1.29 is 9.53 Å². The topological polar surface area (TPSA) is 32.8 Å². The van der Waals surface area contributed by atoms with Crippen LogP contribution in [0.1, 0.15) is 24.8 Å². The summed E-state index contributed by atoms with van der Waals surface area (Å²) >= 11 is 0. The molecule has 0 aliphatic carbocycles. The summed E-state index contributed by atoms with van der Waals surface area (Å²) in [7, 11) is 0. The lowest BCUT2D eigenvalue weighted by molar-refractivity contribution is 0.0948. The zero-order valence-corrected chi connectivity index (χ0v) is 12.3. The molecule has 112 valence electrons. The third-order valence-electron chi connectivity index (χ3n) is 5.54. The van der Waals surface area contributed by atoms with E-state index in [9.17, 15) is 4.79 Å². The molecule has 4 heteroatoms. The minimum atomic E-state index is -0.144. The molecule has 0 aromatic heterocycles. The molecular weight excluding hydrogens is 264 g/mol. The normalized spacial score (nSPS) is 31.2. The van der Waals surface area contributed by atoms with Crippen LogP contribution in [0, 0.1) is 5.92 Å². The lowest BCUT2D eigenvalue weighted by Crippen LogP contribution is -2.45. The van der Waals surface area contributed by atoms with Crippen LogP contribution in [-0.4, -0.2) is 47.6 Å². The molecule has 4 rings (SSSR count). The second kappa shape index (κ2) is 5.02. The summed E-state index contributed by atoms with van der Waals surface area (Å²) in [6, 6.07) is 9.89. The van der Waals surface area contributed by atoms with Crippen molar-refractivity contribution in [1.29, 1.82) is 0 Å². The van der Waals surface area contributed by atoms with Crippen LogP contribution in [0.4, 0.5) is 4.79 Å². The highest BCUT2D eigenvalue weighted by Crippen LogP contribution is 2.47. The number of hydrogen-bond donors (Lipinski definition) is 0. The first kappa shape index (κ1) is 13.1. The van der Waals surface area contributed by atoms with E-state index in [1.807, 2.05) is 35.2 Å². The van der Waals surface area contributed by atoms with Gasteiger partial charge in [-0.15, -0.1) is 0 Å². The maximum Gasteiger partial charge on any atom is 0.410 e. The number of carbonyl (C=O) groups is 1. The molecule has 3 aliphatic heterocycles. The van der Waals surface area contributed by atoms with Crippen molar-refractivity contribution in [2.45, 2.75) is 31.4 Å². The van der Waals surface area contributed by atoms with Crippen molar-refractivity contribution in [3.63, 3.8) is 0 Å². The molecule has 0 saturated carbocycles. The number of likely N-dealkylation sites (tertiary alicyclic amines) is 1. The van der Waals surface area contributed by atoms with Gasteiger partial charge in [0, 0.05) is 18.6 Å². The van der Waals surface area contributed by atoms with E-state index in [2.05, 4.69) is 4.90 Å². The Balaban J connectivity index is 1.38. The Kier molecular flexibility index (Phi) is 3.14. The Morgan fingerprint density at radius 3 is 3.00 bits per heavy atom. The third kappa shape index (κ3) is 2.13. The van der Waals surface area contributed by atoms with Crippen LogP contribution in [0.15, 0.2) is 30.3 Å². The maximum absolute atomic E-state index is 12.3. The molecule has 3 saturated heterocycles. The van der Waals surface area contributed by atoms with Crippen molar-refractivity contribution in [2.75, 3.05) is 26.2 Å². The summed E-state index contributed by atoms with van der Waals surface area (Å²) in [5, 5.41) is 0. The van der Waals surface area contributed by atoms with Gasteiger partial charge >= 0.3 is 6.09 Å². The van der Waals surface area contributed by atoms with E-state index < -0.39 is 0 Å². The van der Waals surface area contributed by atoms with Crippen molar-refractivity contribution in [1.82, 2.24) is 9.80 Å². The molecule has 3 fully saturated rings. The minimum Gasteiger partial charge on any atom is -0.445 e. The van der Waals surface area contributed by atoms with Gasteiger partial charge in [-0.1, -0.05) is 30.3 Å². The molecule has 1 unspecified atom stereocenters. The van der Waals surface area contributed by atoms with Gasteiger partial charge < -0.3 is 9.64 Å². The molecule has 4 nitrogen and oxygen atoms in total. The minimum absolute atomic E-state index is 0.144. The van der Waals surface area contributed by atoms with Gasteiger partial charge in [0.15, 0.2) is 0 Å². The summed E-state index contributed by atoms with van der Waals surface area (Å²) < 4.78 is 5.49. The third-order valence-corrected chi connectivity index (χ3v) is 5.54. The molecule has 3 aliphatic rings. The van der Waals surface area contributed by atoms with E-state index in [0.29, 0.717) is 12.5 Å². The second-order valence-corrected chi connectivity index (χ2v) is 6.60. The van der Waals surface area contributed by atoms with Crippen molar-refractivity contribution in [2.24, 2.45) is 5.92 Å².